The number of nitrogens with one attached hydrogen (secondary N) is 2. The maximum Gasteiger partial charge on any atom is 0.313 e. The summed E-state index contributed by atoms with van der Waals surface area (Å²) in [5.74, 6) is -0.989. The molecule has 1 aliphatic carbocycles. The van der Waals surface area contributed by atoms with Gasteiger partial charge in [-0.05, 0) is 43.9 Å². The predicted octanol–water partition coefficient (Wildman–Crippen LogP) is 0.842. The monoisotopic (exact) mass is 367 g/mol. The van der Waals surface area contributed by atoms with E-state index in [1.807, 2.05) is 0 Å². The first-order chi connectivity index (χ1) is 11.9. The Hall–Kier alpha value is -2.29. The Labute approximate surface area is 146 Å². The number of carbonyl (C=O) groups excluding carboxylic acids is 2. The Morgan fingerprint density at radius 2 is 1.96 bits per heavy atom. The zero-order chi connectivity index (χ0) is 18.0. The molecule has 0 aromatic heterocycles. The molecular formula is C16H21N3O5S. The van der Waals surface area contributed by atoms with Gasteiger partial charge in [0.1, 0.15) is 5.75 Å². The summed E-state index contributed by atoms with van der Waals surface area (Å²) in [6.45, 7) is 0.359. The molecule has 9 heteroatoms. The lowest BCUT2D eigenvalue weighted by Gasteiger charge is -2.29. The molecule has 1 saturated carbocycles. The molecule has 0 unspecified atom stereocenters. The molecule has 1 heterocycles. The normalized spacial score (nSPS) is 19.2. The molecule has 1 aliphatic heterocycles. The van der Waals surface area contributed by atoms with E-state index in [1.54, 1.807) is 12.1 Å². The van der Waals surface area contributed by atoms with Gasteiger partial charge < -0.3 is 15.4 Å². The lowest BCUT2D eigenvalue weighted by atomic mass is 10.2. The van der Waals surface area contributed by atoms with Crippen LogP contribution >= 0.6 is 0 Å². The summed E-state index contributed by atoms with van der Waals surface area (Å²) in [4.78, 5) is 23.7. The molecule has 0 radical (unpaired) electrons. The third kappa shape index (κ3) is 4.04. The molecule has 1 aromatic rings. The van der Waals surface area contributed by atoms with Crippen molar-refractivity contribution in [1.29, 1.82) is 0 Å². The molecule has 3 rings (SSSR count). The maximum absolute atomic E-state index is 12.3. The summed E-state index contributed by atoms with van der Waals surface area (Å²) in [5, 5.41) is 5.11. The lowest BCUT2D eigenvalue weighted by molar-refractivity contribution is -0.136. The molecule has 0 atom stereocenters. The van der Waals surface area contributed by atoms with E-state index >= 15 is 0 Å². The number of hydrogen-bond acceptors (Lipinski definition) is 5. The van der Waals surface area contributed by atoms with Crippen LogP contribution in [0.25, 0.3) is 0 Å². The number of methoxy groups -OCH3 is 1. The minimum atomic E-state index is -3.42. The average molecular weight is 367 g/mol. The van der Waals surface area contributed by atoms with Crippen LogP contribution in [0.5, 0.6) is 5.75 Å². The summed E-state index contributed by atoms with van der Waals surface area (Å²) < 4.78 is 31.2. The van der Waals surface area contributed by atoms with E-state index in [9.17, 15) is 18.0 Å². The molecule has 1 saturated heterocycles. The highest BCUT2D eigenvalue weighted by Crippen LogP contribution is 2.35. The van der Waals surface area contributed by atoms with Crippen LogP contribution in [0.4, 0.5) is 11.4 Å². The molecule has 0 spiro atoms. The van der Waals surface area contributed by atoms with Crippen molar-refractivity contribution < 1.29 is 22.7 Å². The fraction of sp³-hybridized carbons (Fsp3) is 0.500. The van der Waals surface area contributed by atoms with Crippen molar-refractivity contribution in [1.82, 2.24) is 5.32 Å². The summed E-state index contributed by atoms with van der Waals surface area (Å²) >= 11 is 0. The van der Waals surface area contributed by atoms with Gasteiger partial charge in [0.05, 0.1) is 18.6 Å². The Kier molecular flexibility index (Phi) is 4.85. The number of nitrogens with zero attached hydrogens (tertiary/aromatic N) is 1. The predicted molar refractivity (Wildman–Crippen MR) is 93.2 cm³/mol. The highest BCUT2D eigenvalue weighted by atomic mass is 32.2. The van der Waals surface area contributed by atoms with Crippen molar-refractivity contribution in [2.45, 2.75) is 31.7 Å². The molecular weight excluding hydrogens is 346 g/mol. The number of hydrogen-bond donors (Lipinski definition) is 2. The minimum absolute atomic E-state index is 0.0799. The minimum Gasteiger partial charge on any atom is -0.495 e. The van der Waals surface area contributed by atoms with Gasteiger partial charge in [-0.15, -0.1) is 0 Å². The third-order valence-corrected chi connectivity index (χ3v) is 6.03. The van der Waals surface area contributed by atoms with Gasteiger partial charge >= 0.3 is 11.8 Å². The molecule has 8 nitrogen and oxygen atoms in total. The van der Waals surface area contributed by atoms with Gasteiger partial charge in [0.15, 0.2) is 0 Å². The second-order valence-electron chi connectivity index (χ2n) is 6.18. The smallest absolute Gasteiger partial charge is 0.313 e. The second kappa shape index (κ2) is 6.91. The topological polar surface area (TPSA) is 105 Å². The van der Waals surface area contributed by atoms with Crippen LogP contribution in [0.15, 0.2) is 18.2 Å². The molecule has 1 aromatic carbocycles. The van der Waals surface area contributed by atoms with Gasteiger partial charge in [-0.25, -0.2) is 8.42 Å². The van der Waals surface area contributed by atoms with E-state index < -0.39 is 21.8 Å². The Bertz CT molecular complexity index is 789. The van der Waals surface area contributed by atoms with Crippen LogP contribution in [0.1, 0.15) is 25.7 Å². The van der Waals surface area contributed by atoms with Crippen LogP contribution in [0.2, 0.25) is 0 Å². The molecule has 2 aliphatic rings. The Morgan fingerprint density at radius 3 is 2.60 bits per heavy atom. The van der Waals surface area contributed by atoms with Gasteiger partial charge in [0, 0.05) is 18.3 Å². The Morgan fingerprint density at radius 1 is 1.20 bits per heavy atom. The van der Waals surface area contributed by atoms with Crippen molar-refractivity contribution in [3.05, 3.63) is 18.2 Å². The first kappa shape index (κ1) is 17.5. The number of anilines is 2. The fourth-order valence-corrected chi connectivity index (χ4v) is 4.33. The van der Waals surface area contributed by atoms with Gasteiger partial charge in [-0.2, -0.15) is 0 Å². The van der Waals surface area contributed by atoms with E-state index in [2.05, 4.69) is 10.6 Å². The van der Waals surface area contributed by atoms with Crippen molar-refractivity contribution >= 4 is 33.2 Å². The largest absolute Gasteiger partial charge is 0.495 e. The maximum atomic E-state index is 12.3. The molecule has 25 heavy (non-hydrogen) atoms. The Balaban J connectivity index is 1.82. The first-order valence-corrected chi connectivity index (χ1v) is 9.82. The molecule has 2 N–H and O–H groups in total. The average Bonchev–Trinajstić information content (AvgIpc) is 3.38. The number of benzene rings is 1. The molecule has 2 fully saturated rings. The SMILES string of the molecule is COc1ccc(NC(=O)C(=O)NC2CC2)cc1N1CCCCS1(=O)=O. The van der Waals surface area contributed by atoms with Crippen molar-refractivity contribution in [3.8, 4) is 5.75 Å². The van der Waals surface area contributed by atoms with Crippen LogP contribution in [0.3, 0.4) is 0 Å². The number of carbonyl (C=O) groups is 2. The van der Waals surface area contributed by atoms with Crippen LogP contribution in [0, 0.1) is 0 Å². The zero-order valence-electron chi connectivity index (χ0n) is 13.9. The van der Waals surface area contributed by atoms with Crippen LogP contribution in [-0.4, -0.2) is 45.7 Å². The van der Waals surface area contributed by atoms with Crippen molar-refractivity contribution in [3.63, 3.8) is 0 Å². The standard InChI is InChI=1S/C16H21N3O5S/c1-24-14-7-6-12(18-16(21)15(20)17-11-4-5-11)10-13(14)19-8-2-3-9-25(19,22)23/h6-7,10-11H,2-5,8-9H2,1H3,(H,17,20)(H,18,21). The second-order valence-corrected chi connectivity index (χ2v) is 8.20. The van der Waals surface area contributed by atoms with Gasteiger partial charge in [-0.1, -0.05) is 0 Å². The lowest BCUT2D eigenvalue weighted by Crippen LogP contribution is -2.38. The van der Waals surface area contributed by atoms with Gasteiger partial charge in [-0.3, -0.25) is 13.9 Å². The first-order valence-electron chi connectivity index (χ1n) is 8.21. The zero-order valence-corrected chi connectivity index (χ0v) is 14.8. The molecule has 0 bridgehead atoms. The van der Waals surface area contributed by atoms with E-state index in [-0.39, 0.29) is 11.8 Å². The van der Waals surface area contributed by atoms with Gasteiger partial charge in [0.25, 0.3) is 0 Å². The third-order valence-electron chi connectivity index (χ3n) is 4.17. The highest BCUT2D eigenvalue weighted by Gasteiger charge is 2.29. The summed E-state index contributed by atoms with van der Waals surface area (Å²) in [5.41, 5.74) is 0.704. The number of sulfonamides is 1. The van der Waals surface area contributed by atoms with Gasteiger partial charge in [0.2, 0.25) is 10.0 Å². The van der Waals surface area contributed by atoms with E-state index in [4.69, 9.17) is 4.74 Å². The molecule has 136 valence electrons. The number of rotatable bonds is 4. The van der Waals surface area contributed by atoms with Crippen molar-refractivity contribution in [2.75, 3.05) is 29.0 Å². The van der Waals surface area contributed by atoms with E-state index in [0.29, 0.717) is 30.1 Å². The number of ether oxygens (including phenoxy) is 1. The van der Waals surface area contributed by atoms with E-state index in [1.165, 1.54) is 17.5 Å². The van der Waals surface area contributed by atoms with Crippen LogP contribution < -0.4 is 19.7 Å². The summed E-state index contributed by atoms with van der Waals surface area (Å²) in [6, 6.07) is 4.75. The highest BCUT2D eigenvalue weighted by molar-refractivity contribution is 7.92. The number of amides is 2. The quantitative estimate of drug-likeness (QED) is 0.768. The summed E-state index contributed by atoms with van der Waals surface area (Å²) in [7, 11) is -1.96. The summed E-state index contributed by atoms with van der Waals surface area (Å²) in [6.07, 6.45) is 3.15. The molecule has 2 amide bonds. The van der Waals surface area contributed by atoms with Crippen LogP contribution in [-0.2, 0) is 19.6 Å². The van der Waals surface area contributed by atoms with E-state index in [0.717, 1.165) is 19.3 Å². The fourth-order valence-electron chi connectivity index (χ4n) is 2.69. The van der Waals surface area contributed by atoms with Crippen molar-refractivity contribution in [2.24, 2.45) is 0 Å².